The lowest BCUT2D eigenvalue weighted by Gasteiger charge is -2.20. The smallest absolute Gasteiger partial charge is 0.462 e. The Labute approximate surface area is 368 Å². The van der Waals surface area contributed by atoms with E-state index in [0.29, 0.717) is 12.8 Å². The van der Waals surface area contributed by atoms with Gasteiger partial charge in [-0.3, -0.25) is 18.6 Å². The van der Waals surface area contributed by atoms with Crippen molar-refractivity contribution >= 4 is 19.8 Å². The number of allylic oxidation sites excluding steroid dienone is 4. The van der Waals surface area contributed by atoms with E-state index in [4.69, 9.17) is 23.6 Å². The van der Waals surface area contributed by atoms with E-state index in [2.05, 4.69) is 38.2 Å². The number of rotatable bonds is 47. The largest absolute Gasteiger partial charge is 0.472 e. The number of carbonyl (C=O) groups excluding carboxylic acids is 2. The third kappa shape index (κ3) is 44.5. The number of hydrogen-bond donors (Lipinski definition) is 3. The van der Waals surface area contributed by atoms with Crippen LogP contribution < -0.4 is 0 Å². The monoisotopic (exact) mass is 873 g/mol. The SMILES string of the molecule is CCCCCCC/C=C\C/C=C\CCCCCCCCCCCCCC(=O)OC(COC(=O)CCCCCCCCCCCCCCCC)COP(=O)(O)OCC(O)CO. The lowest BCUT2D eigenvalue weighted by Crippen LogP contribution is -2.29. The van der Waals surface area contributed by atoms with E-state index in [9.17, 15) is 24.2 Å². The van der Waals surface area contributed by atoms with E-state index < -0.39 is 51.8 Å². The molecule has 3 atom stereocenters. The topological polar surface area (TPSA) is 149 Å². The number of carbonyl (C=O) groups is 2. The fourth-order valence-corrected chi connectivity index (χ4v) is 7.82. The van der Waals surface area contributed by atoms with Gasteiger partial charge in [-0.05, 0) is 44.9 Å². The first kappa shape index (κ1) is 58.5. The van der Waals surface area contributed by atoms with Crippen LogP contribution in [-0.4, -0.2) is 65.7 Å². The number of ether oxygens (including phenoxy) is 2. The Hall–Kier alpha value is -1.55. The Bertz CT molecular complexity index is 1050. The minimum absolute atomic E-state index is 0.185. The third-order valence-corrected chi connectivity index (χ3v) is 11.8. The van der Waals surface area contributed by atoms with Gasteiger partial charge in [-0.1, -0.05) is 205 Å². The zero-order chi connectivity index (χ0) is 44.0. The van der Waals surface area contributed by atoms with Crippen LogP contribution >= 0.6 is 7.82 Å². The highest BCUT2D eigenvalue weighted by atomic mass is 31.2. The molecule has 0 aliphatic heterocycles. The van der Waals surface area contributed by atoms with Gasteiger partial charge in [0.1, 0.15) is 12.7 Å². The second kappa shape index (κ2) is 45.5. The van der Waals surface area contributed by atoms with E-state index in [0.717, 1.165) is 44.9 Å². The minimum Gasteiger partial charge on any atom is -0.462 e. The van der Waals surface area contributed by atoms with Crippen LogP contribution in [-0.2, 0) is 32.7 Å². The highest BCUT2D eigenvalue weighted by Gasteiger charge is 2.27. The number of hydrogen-bond acceptors (Lipinski definition) is 9. The lowest BCUT2D eigenvalue weighted by atomic mass is 10.0. The van der Waals surface area contributed by atoms with E-state index >= 15 is 0 Å². The van der Waals surface area contributed by atoms with Gasteiger partial charge in [0.15, 0.2) is 6.10 Å². The standard InChI is InChI=1S/C49H93O10P/c1-3-5-7-9-11-13-15-17-19-20-21-22-23-24-25-26-27-29-31-33-35-37-39-41-49(53)59-47(45-58-60(54,55)57-43-46(51)42-50)44-56-48(52)40-38-36-34-32-30-28-18-16-14-12-10-8-6-4-2/h15,17,20-21,46-47,50-51H,3-14,16,18-19,22-45H2,1-2H3,(H,54,55)/b17-15-,21-20-. The molecule has 10 nitrogen and oxygen atoms in total. The van der Waals surface area contributed by atoms with Crippen molar-refractivity contribution in [2.24, 2.45) is 0 Å². The Morgan fingerprint density at radius 3 is 1.28 bits per heavy atom. The predicted octanol–water partition coefficient (Wildman–Crippen LogP) is 13.7. The summed E-state index contributed by atoms with van der Waals surface area (Å²) in [6.07, 6.45) is 47.1. The molecule has 0 saturated heterocycles. The number of unbranched alkanes of at least 4 members (excludes halogenated alkanes) is 29. The Kier molecular flexibility index (Phi) is 44.3. The molecule has 3 unspecified atom stereocenters. The summed E-state index contributed by atoms with van der Waals surface area (Å²) < 4.78 is 32.8. The van der Waals surface area contributed by atoms with Gasteiger partial charge in [0.05, 0.1) is 19.8 Å². The van der Waals surface area contributed by atoms with Crippen LogP contribution in [0.4, 0.5) is 0 Å². The number of esters is 2. The van der Waals surface area contributed by atoms with Crippen LogP contribution in [0.15, 0.2) is 24.3 Å². The van der Waals surface area contributed by atoms with Crippen LogP contribution in [0.5, 0.6) is 0 Å². The second-order valence-corrected chi connectivity index (χ2v) is 18.3. The number of aliphatic hydroxyl groups is 2. The van der Waals surface area contributed by atoms with Gasteiger partial charge in [0.2, 0.25) is 0 Å². The molecular formula is C49H93O10P. The normalized spacial score (nSPS) is 13.9. The van der Waals surface area contributed by atoms with Crippen molar-refractivity contribution in [3.63, 3.8) is 0 Å². The summed E-state index contributed by atoms with van der Waals surface area (Å²) >= 11 is 0. The lowest BCUT2D eigenvalue weighted by molar-refractivity contribution is -0.161. The maximum Gasteiger partial charge on any atom is 0.472 e. The van der Waals surface area contributed by atoms with Crippen molar-refractivity contribution in [1.29, 1.82) is 0 Å². The summed E-state index contributed by atoms with van der Waals surface area (Å²) in [6, 6.07) is 0. The Morgan fingerprint density at radius 2 is 0.867 bits per heavy atom. The van der Waals surface area contributed by atoms with Crippen LogP contribution in [0, 0.1) is 0 Å². The molecule has 0 rings (SSSR count). The average molecular weight is 873 g/mol. The van der Waals surface area contributed by atoms with E-state index in [1.807, 2.05) is 0 Å². The molecule has 0 bridgehead atoms. The zero-order valence-corrected chi connectivity index (χ0v) is 39.6. The Balaban J connectivity index is 4.15. The zero-order valence-electron chi connectivity index (χ0n) is 38.7. The summed E-state index contributed by atoms with van der Waals surface area (Å²) in [5, 5.41) is 18.4. The molecule has 0 amide bonds. The molecule has 0 aromatic carbocycles. The first-order valence-electron chi connectivity index (χ1n) is 24.8. The van der Waals surface area contributed by atoms with Crippen molar-refractivity contribution < 1.29 is 47.8 Å². The number of phosphoric acid groups is 1. The first-order chi connectivity index (χ1) is 29.2. The van der Waals surface area contributed by atoms with E-state index in [1.54, 1.807) is 0 Å². The molecule has 0 aliphatic rings. The maximum absolute atomic E-state index is 12.7. The number of phosphoric ester groups is 1. The predicted molar refractivity (Wildman–Crippen MR) is 247 cm³/mol. The molecule has 0 aliphatic carbocycles. The van der Waals surface area contributed by atoms with Gasteiger partial charge >= 0.3 is 19.8 Å². The maximum atomic E-state index is 12.7. The van der Waals surface area contributed by atoms with Crippen molar-refractivity contribution in [3.05, 3.63) is 24.3 Å². The molecule has 3 N–H and O–H groups in total. The molecular weight excluding hydrogens is 780 g/mol. The first-order valence-corrected chi connectivity index (χ1v) is 26.3. The average Bonchev–Trinajstić information content (AvgIpc) is 3.24. The highest BCUT2D eigenvalue weighted by Crippen LogP contribution is 2.43. The molecule has 0 aromatic heterocycles. The minimum atomic E-state index is -4.62. The summed E-state index contributed by atoms with van der Waals surface area (Å²) in [6.45, 7) is 2.41. The molecule has 60 heavy (non-hydrogen) atoms. The molecule has 0 fully saturated rings. The molecule has 0 radical (unpaired) electrons. The molecule has 0 saturated carbocycles. The van der Waals surface area contributed by atoms with Gasteiger partial charge in [0.25, 0.3) is 0 Å². The summed E-state index contributed by atoms with van der Waals surface area (Å²) in [7, 11) is -4.62. The van der Waals surface area contributed by atoms with E-state index in [-0.39, 0.29) is 19.4 Å². The summed E-state index contributed by atoms with van der Waals surface area (Å²) in [5.41, 5.74) is 0. The molecule has 0 spiro atoms. The third-order valence-electron chi connectivity index (χ3n) is 10.9. The molecule has 354 valence electrons. The van der Waals surface area contributed by atoms with Gasteiger partial charge in [0, 0.05) is 12.8 Å². The van der Waals surface area contributed by atoms with Crippen molar-refractivity contribution in [2.75, 3.05) is 26.4 Å². The van der Waals surface area contributed by atoms with Crippen molar-refractivity contribution in [2.45, 2.75) is 251 Å². The summed E-state index contributed by atoms with van der Waals surface area (Å²) in [5.74, 6) is -0.915. The van der Waals surface area contributed by atoms with Gasteiger partial charge in [-0.2, -0.15) is 0 Å². The van der Waals surface area contributed by atoms with Crippen molar-refractivity contribution in [1.82, 2.24) is 0 Å². The van der Waals surface area contributed by atoms with Crippen LogP contribution in [0.2, 0.25) is 0 Å². The van der Waals surface area contributed by atoms with Crippen LogP contribution in [0.3, 0.4) is 0 Å². The molecule has 0 heterocycles. The highest BCUT2D eigenvalue weighted by molar-refractivity contribution is 7.47. The van der Waals surface area contributed by atoms with Gasteiger partial charge < -0.3 is 24.6 Å². The van der Waals surface area contributed by atoms with Crippen molar-refractivity contribution in [3.8, 4) is 0 Å². The fourth-order valence-electron chi connectivity index (χ4n) is 7.03. The van der Waals surface area contributed by atoms with E-state index in [1.165, 1.54) is 154 Å². The second-order valence-electron chi connectivity index (χ2n) is 16.8. The summed E-state index contributed by atoms with van der Waals surface area (Å²) in [4.78, 5) is 35.1. The van der Waals surface area contributed by atoms with Gasteiger partial charge in [-0.15, -0.1) is 0 Å². The molecule has 0 aromatic rings. The van der Waals surface area contributed by atoms with Crippen LogP contribution in [0.25, 0.3) is 0 Å². The number of aliphatic hydroxyl groups excluding tert-OH is 2. The van der Waals surface area contributed by atoms with Crippen LogP contribution in [0.1, 0.15) is 239 Å². The fraction of sp³-hybridized carbons (Fsp3) is 0.878. The molecule has 11 heteroatoms. The Morgan fingerprint density at radius 1 is 0.500 bits per heavy atom. The quantitative estimate of drug-likeness (QED) is 0.0233. The van der Waals surface area contributed by atoms with Gasteiger partial charge in [-0.25, -0.2) is 4.57 Å².